The molecular formula is C14H10N4S. The van der Waals surface area contributed by atoms with E-state index in [1.807, 2.05) is 24.4 Å². The molecule has 0 unspecified atom stereocenters. The van der Waals surface area contributed by atoms with Crippen LogP contribution in [0, 0.1) is 18.3 Å². The number of nitriles is 1. The Balaban J connectivity index is 2.16. The SMILES string of the molecule is Cc1cc(-c2ccsc2)cc(-c2nn[nH]c2C#N)c1. The second kappa shape index (κ2) is 4.67. The number of H-pyrrole nitrogens is 1. The molecule has 0 fully saturated rings. The van der Waals surface area contributed by atoms with E-state index in [0.717, 1.165) is 16.7 Å². The highest BCUT2D eigenvalue weighted by atomic mass is 32.1. The van der Waals surface area contributed by atoms with E-state index in [4.69, 9.17) is 5.26 Å². The van der Waals surface area contributed by atoms with E-state index >= 15 is 0 Å². The average molecular weight is 266 g/mol. The highest BCUT2D eigenvalue weighted by Crippen LogP contribution is 2.29. The molecule has 2 aromatic heterocycles. The Morgan fingerprint density at radius 1 is 1.21 bits per heavy atom. The molecule has 0 aliphatic rings. The monoisotopic (exact) mass is 266 g/mol. The maximum Gasteiger partial charge on any atom is 0.163 e. The first-order valence-corrected chi connectivity index (χ1v) is 6.68. The Hall–Kier alpha value is -2.45. The molecule has 0 amide bonds. The summed E-state index contributed by atoms with van der Waals surface area (Å²) in [6.07, 6.45) is 0. The summed E-state index contributed by atoms with van der Waals surface area (Å²) in [5, 5.41) is 23.5. The molecule has 0 aliphatic carbocycles. The van der Waals surface area contributed by atoms with Crippen LogP contribution in [0.25, 0.3) is 22.4 Å². The fourth-order valence-corrected chi connectivity index (χ4v) is 2.69. The highest BCUT2D eigenvalue weighted by molar-refractivity contribution is 7.08. The predicted molar refractivity (Wildman–Crippen MR) is 74.6 cm³/mol. The van der Waals surface area contributed by atoms with Crippen molar-refractivity contribution in [2.24, 2.45) is 0 Å². The van der Waals surface area contributed by atoms with Crippen LogP contribution in [0.1, 0.15) is 11.3 Å². The molecule has 0 saturated heterocycles. The molecule has 92 valence electrons. The lowest BCUT2D eigenvalue weighted by atomic mass is 10.00. The number of nitrogens with one attached hydrogen (secondary N) is 1. The number of aromatic amines is 1. The maximum atomic E-state index is 9.03. The van der Waals surface area contributed by atoms with Gasteiger partial charge in [0.1, 0.15) is 11.8 Å². The molecule has 0 atom stereocenters. The Morgan fingerprint density at radius 2 is 2.05 bits per heavy atom. The number of nitrogens with zero attached hydrogens (tertiary/aromatic N) is 3. The number of hydrogen-bond acceptors (Lipinski definition) is 4. The zero-order valence-corrected chi connectivity index (χ0v) is 11.0. The lowest BCUT2D eigenvalue weighted by Gasteiger charge is -2.04. The van der Waals surface area contributed by atoms with Crippen LogP contribution < -0.4 is 0 Å². The quantitative estimate of drug-likeness (QED) is 0.773. The van der Waals surface area contributed by atoms with E-state index in [-0.39, 0.29) is 0 Å². The van der Waals surface area contributed by atoms with Gasteiger partial charge in [-0.15, -0.1) is 5.10 Å². The van der Waals surface area contributed by atoms with Crippen LogP contribution in [0.4, 0.5) is 0 Å². The fraction of sp³-hybridized carbons (Fsp3) is 0.0714. The first-order valence-electron chi connectivity index (χ1n) is 5.73. The van der Waals surface area contributed by atoms with Crippen molar-refractivity contribution >= 4 is 11.3 Å². The van der Waals surface area contributed by atoms with Gasteiger partial charge in [0, 0.05) is 5.56 Å². The van der Waals surface area contributed by atoms with Crippen molar-refractivity contribution in [1.29, 1.82) is 5.26 Å². The number of rotatable bonds is 2. The molecule has 2 heterocycles. The van der Waals surface area contributed by atoms with Crippen molar-refractivity contribution in [2.75, 3.05) is 0 Å². The van der Waals surface area contributed by atoms with Gasteiger partial charge in [0.05, 0.1) is 0 Å². The van der Waals surface area contributed by atoms with Crippen LogP contribution in [0.2, 0.25) is 0 Å². The van der Waals surface area contributed by atoms with Crippen LogP contribution in [-0.2, 0) is 0 Å². The van der Waals surface area contributed by atoms with E-state index in [9.17, 15) is 0 Å². The minimum absolute atomic E-state index is 0.391. The smallest absolute Gasteiger partial charge is 0.163 e. The van der Waals surface area contributed by atoms with E-state index in [1.54, 1.807) is 11.3 Å². The molecule has 19 heavy (non-hydrogen) atoms. The second-order valence-electron chi connectivity index (χ2n) is 4.25. The Bertz CT molecular complexity index is 750. The zero-order chi connectivity index (χ0) is 13.2. The Morgan fingerprint density at radius 3 is 2.79 bits per heavy atom. The summed E-state index contributed by atoms with van der Waals surface area (Å²) in [5.41, 5.74) is 5.33. The molecule has 4 nitrogen and oxygen atoms in total. The van der Waals surface area contributed by atoms with Crippen LogP contribution in [0.5, 0.6) is 0 Å². The number of benzene rings is 1. The van der Waals surface area contributed by atoms with E-state index in [1.165, 1.54) is 5.56 Å². The topological polar surface area (TPSA) is 65.4 Å². The largest absolute Gasteiger partial charge is 0.247 e. The predicted octanol–water partition coefficient (Wildman–Crippen LogP) is 3.38. The number of hydrogen-bond donors (Lipinski definition) is 1. The van der Waals surface area contributed by atoms with E-state index < -0.39 is 0 Å². The first kappa shape index (κ1) is 11.6. The molecule has 0 aliphatic heterocycles. The van der Waals surface area contributed by atoms with Crippen molar-refractivity contribution in [1.82, 2.24) is 15.4 Å². The summed E-state index contributed by atoms with van der Waals surface area (Å²) < 4.78 is 0. The molecule has 0 bridgehead atoms. The van der Waals surface area contributed by atoms with E-state index in [0.29, 0.717) is 11.4 Å². The van der Waals surface area contributed by atoms with Gasteiger partial charge < -0.3 is 0 Å². The van der Waals surface area contributed by atoms with Crippen molar-refractivity contribution in [3.8, 4) is 28.5 Å². The van der Waals surface area contributed by atoms with Crippen LogP contribution in [-0.4, -0.2) is 15.4 Å². The maximum absolute atomic E-state index is 9.03. The van der Waals surface area contributed by atoms with Crippen LogP contribution in [0.3, 0.4) is 0 Å². The zero-order valence-electron chi connectivity index (χ0n) is 10.2. The highest BCUT2D eigenvalue weighted by Gasteiger charge is 2.11. The molecule has 0 radical (unpaired) electrons. The summed E-state index contributed by atoms with van der Waals surface area (Å²) in [4.78, 5) is 0. The third-order valence-corrected chi connectivity index (χ3v) is 3.55. The number of aryl methyl sites for hydroxylation is 1. The fourth-order valence-electron chi connectivity index (χ4n) is 2.02. The lowest BCUT2D eigenvalue weighted by Crippen LogP contribution is -1.86. The number of aromatic nitrogens is 3. The van der Waals surface area contributed by atoms with Gasteiger partial charge in [-0.25, -0.2) is 5.10 Å². The minimum Gasteiger partial charge on any atom is -0.247 e. The summed E-state index contributed by atoms with van der Waals surface area (Å²) >= 11 is 1.66. The minimum atomic E-state index is 0.391. The van der Waals surface area contributed by atoms with Crippen molar-refractivity contribution in [3.05, 3.63) is 46.3 Å². The van der Waals surface area contributed by atoms with Gasteiger partial charge in [0.2, 0.25) is 0 Å². The number of thiophene rings is 1. The normalized spacial score (nSPS) is 10.3. The van der Waals surface area contributed by atoms with Gasteiger partial charge in [-0.3, -0.25) is 0 Å². The standard InChI is InChI=1S/C14H10N4S/c1-9-4-11(10-2-3-19-8-10)6-12(5-9)14-13(7-15)16-18-17-14/h2-6,8H,1H3,(H,16,17,18). The first-order chi connectivity index (χ1) is 9.28. The second-order valence-corrected chi connectivity index (χ2v) is 5.03. The van der Waals surface area contributed by atoms with Crippen LogP contribution in [0.15, 0.2) is 35.0 Å². The van der Waals surface area contributed by atoms with Gasteiger partial charge in [-0.05, 0) is 52.6 Å². The van der Waals surface area contributed by atoms with Gasteiger partial charge >= 0.3 is 0 Å². The Kier molecular flexibility index (Phi) is 2.86. The van der Waals surface area contributed by atoms with E-state index in [2.05, 4.69) is 39.0 Å². The van der Waals surface area contributed by atoms with Crippen molar-refractivity contribution in [2.45, 2.75) is 6.92 Å². The van der Waals surface area contributed by atoms with Crippen molar-refractivity contribution in [3.63, 3.8) is 0 Å². The summed E-state index contributed by atoms with van der Waals surface area (Å²) in [7, 11) is 0. The van der Waals surface area contributed by atoms with Gasteiger partial charge in [0.15, 0.2) is 5.69 Å². The van der Waals surface area contributed by atoms with Gasteiger partial charge in [0.25, 0.3) is 0 Å². The molecule has 0 spiro atoms. The molecule has 5 heteroatoms. The molecule has 1 N–H and O–H groups in total. The summed E-state index contributed by atoms with van der Waals surface area (Å²) in [6, 6.07) is 10.3. The van der Waals surface area contributed by atoms with Gasteiger partial charge in [-0.1, -0.05) is 11.3 Å². The van der Waals surface area contributed by atoms with Crippen LogP contribution >= 0.6 is 11.3 Å². The average Bonchev–Trinajstić information content (AvgIpc) is 3.09. The molecule has 1 aromatic carbocycles. The summed E-state index contributed by atoms with van der Waals surface area (Å²) in [6.45, 7) is 2.03. The molecule has 3 rings (SSSR count). The Labute approximate surface area is 114 Å². The third-order valence-electron chi connectivity index (χ3n) is 2.87. The summed E-state index contributed by atoms with van der Waals surface area (Å²) in [5.74, 6) is 0. The molecular weight excluding hydrogens is 256 g/mol. The third kappa shape index (κ3) is 2.14. The van der Waals surface area contributed by atoms with Gasteiger partial charge in [-0.2, -0.15) is 16.6 Å². The molecule has 3 aromatic rings. The molecule has 0 saturated carbocycles. The lowest BCUT2D eigenvalue weighted by molar-refractivity contribution is 0.937. The van der Waals surface area contributed by atoms with Crippen molar-refractivity contribution < 1.29 is 0 Å².